The average Bonchev–Trinajstić information content (AvgIpc) is 3.10. The van der Waals surface area contributed by atoms with Crippen LogP contribution in [0.25, 0.3) is 11.3 Å². The van der Waals surface area contributed by atoms with Gasteiger partial charge in [-0.15, -0.1) is 0 Å². The van der Waals surface area contributed by atoms with Crippen molar-refractivity contribution in [2.45, 2.75) is 16.1 Å². The molecule has 0 aliphatic rings. The first-order valence-electron chi connectivity index (χ1n) is 7.26. The summed E-state index contributed by atoms with van der Waals surface area (Å²) in [6.07, 6.45) is -3.75. The average molecular weight is 416 g/mol. The molecule has 3 rings (SSSR count). The van der Waals surface area contributed by atoms with Gasteiger partial charge in [0.25, 0.3) is 0 Å². The first kappa shape index (κ1) is 19.1. The molecule has 10 heteroatoms. The van der Waals surface area contributed by atoms with Crippen molar-refractivity contribution >= 4 is 27.7 Å². The van der Waals surface area contributed by atoms with E-state index < -0.39 is 31.6 Å². The third kappa shape index (κ3) is 3.74. The minimum Gasteiger partial charge on any atom is -0.453 e. The van der Waals surface area contributed by atoms with Crippen LogP contribution in [0.4, 0.5) is 13.2 Å². The second kappa shape index (κ2) is 6.82. The zero-order valence-electron chi connectivity index (χ0n) is 13.2. The fourth-order valence-electron chi connectivity index (χ4n) is 2.26. The van der Waals surface area contributed by atoms with E-state index in [0.29, 0.717) is 29.9 Å². The zero-order chi connectivity index (χ0) is 19.8. The molecule has 0 amide bonds. The summed E-state index contributed by atoms with van der Waals surface area (Å²) in [7, 11) is -4.23. The van der Waals surface area contributed by atoms with Gasteiger partial charge in [-0.1, -0.05) is 11.6 Å². The molecule has 0 unspecified atom stereocenters. The number of benzene rings is 1. The van der Waals surface area contributed by atoms with Crippen LogP contribution in [0, 0.1) is 0 Å². The van der Waals surface area contributed by atoms with Crippen LogP contribution in [0.3, 0.4) is 0 Å². The minimum atomic E-state index is -4.69. The van der Waals surface area contributed by atoms with E-state index >= 15 is 0 Å². The summed E-state index contributed by atoms with van der Waals surface area (Å²) in [5.74, 6) is 0.467. The Labute approximate surface area is 156 Å². The van der Waals surface area contributed by atoms with Gasteiger partial charge in [0.1, 0.15) is 5.76 Å². The molecule has 0 bridgehead atoms. The Kier molecular flexibility index (Phi) is 4.83. The highest BCUT2D eigenvalue weighted by Gasteiger charge is 2.33. The van der Waals surface area contributed by atoms with Gasteiger partial charge in [0.2, 0.25) is 9.84 Å². The maximum absolute atomic E-state index is 12.7. The molecule has 1 aromatic carbocycles. The van der Waals surface area contributed by atoms with E-state index in [1.807, 2.05) is 0 Å². The van der Waals surface area contributed by atoms with E-state index in [9.17, 15) is 26.4 Å². The van der Waals surface area contributed by atoms with Crippen molar-refractivity contribution < 1.29 is 30.8 Å². The maximum atomic E-state index is 12.7. The third-order valence-corrected chi connectivity index (χ3v) is 5.71. The number of aldehydes is 1. The highest BCUT2D eigenvalue weighted by atomic mass is 35.5. The lowest BCUT2D eigenvalue weighted by Crippen LogP contribution is -2.10. The maximum Gasteiger partial charge on any atom is 0.417 e. The molecule has 0 fully saturated rings. The van der Waals surface area contributed by atoms with E-state index in [2.05, 4.69) is 4.98 Å². The van der Waals surface area contributed by atoms with Crippen molar-refractivity contribution in [2.75, 3.05) is 0 Å². The van der Waals surface area contributed by atoms with Gasteiger partial charge in [-0.25, -0.2) is 13.4 Å². The van der Waals surface area contributed by atoms with Crippen LogP contribution < -0.4 is 0 Å². The van der Waals surface area contributed by atoms with E-state index in [-0.39, 0.29) is 10.7 Å². The lowest BCUT2D eigenvalue weighted by Gasteiger charge is -2.10. The highest BCUT2D eigenvalue weighted by Crippen LogP contribution is 2.34. The van der Waals surface area contributed by atoms with Crippen LogP contribution in [0.2, 0.25) is 5.02 Å². The number of hydrogen-bond acceptors (Lipinski definition) is 5. The van der Waals surface area contributed by atoms with Crippen LogP contribution in [-0.4, -0.2) is 19.7 Å². The highest BCUT2D eigenvalue weighted by molar-refractivity contribution is 7.91. The van der Waals surface area contributed by atoms with Crippen LogP contribution in [-0.2, 0) is 16.0 Å². The van der Waals surface area contributed by atoms with Crippen molar-refractivity contribution in [2.24, 2.45) is 0 Å². The standard InChI is InChI=1S/C17H9ClF3NO4S/c18-14-7-11(17(19,20)21)8-22-16(14)27(24,25)13-4-1-10(2-5-13)15-6-3-12(9-23)26-15/h1-9H. The number of rotatable bonds is 4. The number of furan rings is 1. The molecule has 0 saturated heterocycles. The van der Waals surface area contributed by atoms with E-state index in [4.69, 9.17) is 16.0 Å². The number of alkyl halides is 3. The predicted molar refractivity (Wildman–Crippen MR) is 89.2 cm³/mol. The van der Waals surface area contributed by atoms with Gasteiger partial charge in [0, 0.05) is 11.8 Å². The molecule has 2 aromatic heterocycles. The van der Waals surface area contributed by atoms with Crippen molar-refractivity contribution in [1.82, 2.24) is 4.98 Å². The summed E-state index contributed by atoms with van der Waals surface area (Å²) in [5.41, 5.74) is -0.640. The number of aromatic nitrogens is 1. The Morgan fingerprint density at radius 3 is 2.26 bits per heavy atom. The van der Waals surface area contributed by atoms with Gasteiger partial charge in [-0.05, 0) is 42.5 Å². The molecule has 5 nitrogen and oxygen atoms in total. The molecular weight excluding hydrogens is 407 g/mol. The smallest absolute Gasteiger partial charge is 0.417 e. The fourth-order valence-corrected chi connectivity index (χ4v) is 3.96. The van der Waals surface area contributed by atoms with Gasteiger partial charge in [-0.2, -0.15) is 13.2 Å². The normalized spacial score (nSPS) is 12.1. The minimum absolute atomic E-state index is 0.113. The molecule has 2 heterocycles. The Balaban J connectivity index is 1.96. The summed E-state index contributed by atoms with van der Waals surface area (Å²) in [6, 6.07) is 8.85. The molecule has 0 aliphatic carbocycles. The first-order chi connectivity index (χ1) is 12.6. The number of hydrogen-bond donors (Lipinski definition) is 0. The number of nitrogens with zero attached hydrogens (tertiary/aromatic N) is 1. The lowest BCUT2D eigenvalue weighted by atomic mass is 10.2. The number of pyridine rings is 1. The molecule has 27 heavy (non-hydrogen) atoms. The molecular formula is C17H9ClF3NO4S. The molecule has 0 spiro atoms. The molecule has 0 aliphatic heterocycles. The molecule has 0 atom stereocenters. The van der Waals surface area contributed by atoms with Crippen molar-refractivity contribution in [1.29, 1.82) is 0 Å². The summed E-state index contributed by atoms with van der Waals surface area (Å²) >= 11 is 5.73. The van der Waals surface area contributed by atoms with Crippen LogP contribution in [0.15, 0.2) is 63.0 Å². The Morgan fingerprint density at radius 2 is 1.74 bits per heavy atom. The Hall–Kier alpha value is -2.65. The Morgan fingerprint density at radius 1 is 1.07 bits per heavy atom. The SMILES string of the molecule is O=Cc1ccc(-c2ccc(S(=O)(=O)c3ncc(C(F)(F)F)cc3Cl)cc2)o1. The van der Waals surface area contributed by atoms with Gasteiger partial charge in [-0.3, -0.25) is 4.79 Å². The summed E-state index contributed by atoms with van der Waals surface area (Å²) in [5, 5.41) is -1.30. The molecule has 0 N–H and O–H groups in total. The lowest BCUT2D eigenvalue weighted by molar-refractivity contribution is -0.137. The second-order valence-electron chi connectivity index (χ2n) is 5.36. The predicted octanol–water partition coefficient (Wildman–Crippen LogP) is 4.66. The molecule has 3 aromatic rings. The van der Waals surface area contributed by atoms with Crippen molar-refractivity contribution in [3.8, 4) is 11.3 Å². The summed E-state index contributed by atoms with van der Waals surface area (Å²) < 4.78 is 68.5. The topological polar surface area (TPSA) is 77.2 Å². The number of carbonyl (C=O) groups excluding carboxylic acids is 1. The van der Waals surface area contributed by atoms with Gasteiger partial charge < -0.3 is 4.42 Å². The van der Waals surface area contributed by atoms with Gasteiger partial charge in [0.05, 0.1) is 15.5 Å². The number of halogens is 4. The zero-order valence-corrected chi connectivity index (χ0v) is 14.8. The fraction of sp³-hybridized carbons (Fsp3) is 0.0588. The summed E-state index contributed by atoms with van der Waals surface area (Å²) in [4.78, 5) is 13.8. The quantitative estimate of drug-likeness (QED) is 0.579. The van der Waals surface area contributed by atoms with Gasteiger partial charge >= 0.3 is 6.18 Å². The number of carbonyl (C=O) groups is 1. The van der Waals surface area contributed by atoms with E-state index in [1.165, 1.54) is 30.3 Å². The third-order valence-electron chi connectivity index (χ3n) is 3.58. The van der Waals surface area contributed by atoms with E-state index in [0.717, 1.165) is 0 Å². The number of sulfone groups is 1. The molecule has 140 valence electrons. The molecule has 0 radical (unpaired) electrons. The largest absolute Gasteiger partial charge is 0.453 e. The van der Waals surface area contributed by atoms with Crippen LogP contribution >= 0.6 is 11.6 Å². The first-order valence-corrected chi connectivity index (χ1v) is 9.12. The van der Waals surface area contributed by atoms with Crippen molar-refractivity contribution in [3.63, 3.8) is 0 Å². The van der Waals surface area contributed by atoms with E-state index in [1.54, 1.807) is 6.07 Å². The monoisotopic (exact) mass is 415 g/mol. The van der Waals surface area contributed by atoms with Crippen LogP contribution in [0.1, 0.15) is 16.1 Å². The van der Waals surface area contributed by atoms with Crippen molar-refractivity contribution in [3.05, 3.63) is 65.0 Å². The summed E-state index contributed by atoms with van der Waals surface area (Å²) in [6.45, 7) is 0. The molecule has 0 saturated carbocycles. The van der Waals surface area contributed by atoms with Gasteiger partial charge in [0.15, 0.2) is 17.1 Å². The van der Waals surface area contributed by atoms with Crippen LogP contribution in [0.5, 0.6) is 0 Å². The second-order valence-corrected chi connectivity index (χ2v) is 7.63. The Bertz CT molecular complexity index is 1110.